The highest BCUT2D eigenvalue weighted by molar-refractivity contribution is 5.78. The van der Waals surface area contributed by atoms with Gasteiger partial charge in [-0.15, -0.1) is 0 Å². The molecule has 2 heterocycles. The van der Waals surface area contributed by atoms with Gasteiger partial charge in [0, 0.05) is 6.04 Å². The number of piperidine rings is 1. The van der Waals surface area contributed by atoms with Crippen molar-refractivity contribution in [3.63, 3.8) is 0 Å². The molecule has 3 rings (SSSR count). The molecule has 0 bridgehead atoms. The van der Waals surface area contributed by atoms with Crippen molar-refractivity contribution in [2.75, 3.05) is 26.2 Å². The Morgan fingerprint density at radius 1 is 1.24 bits per heavy atom. The Kier molecular flexibility index (Phi) is 3.09. The van der Waals surface area contributed by atoms with Crippen molar-refractivity contribution in [1.29, 1.82) is 0 Å². The molecule has 1 aliphatic carbocycles. The van der Waals surface area contributed by atoms with Crippen LogP contribution in [-0.4, -0.2) is 48.7 Å². The second-order valence-electron chi connectivity index (χ2n) is 5.68. The van der Waals surface area contributed by atoms with E-state index in [4.69, 9.17) is 4.74 Å². The third-order valence-electron chi connectivity index (χ3n) is 4.56. The van der Waals surface area contributed by atoms with Crippen LogP contribution in [0.4, 0.5) is 0 Å². The molecule has 0 aromatic rings. The second kappa shape index (κ2) is 4.58. The van der Waals surface area contributed by atoms with Gasteiger partial charge >= 0.3 is 0 Å². The number of hydrogen-bond donors (Lipinski definition) is 1. The van der Waals surface area contributed by atoms with Crippen LogP contribution in [0, 0.1) is 0 Å². The number of hydrogen-bond acceptors (Lipinski definition) is 3. The third kappa shape index (κ3) is 2.20. The van der Waals surface area contributed by atoms with Crippen LogP contribution in [0.3, 0.4) is 0 Å². The van der Waals surface area contributed by atoms with Gasteiger partial charge in [0.15, 0.2) is 0 Å². The van der Waals surface area contributed by atoms with Crippen molar-refractivity contribution < 1.29 is 9.53 Å². The summed E-state index contributed by atoms with van der Waals surface area (Å²) in [7, 11) is 0. The summed E-state index contributed by atoms with van der Waals surface area (Å²) in [4.78, 5) is 14.1. The van der Waals surface area contributed by atoms with Gasteiger partial charge in [-0.1, -0.05) is 12.8 Å². The molecule has 0 aromatic carbocycles. The van der Waals surface area contributed by atoms with Crippen molar-refractivity contribution in [2.24, 2.45) is 0 Å². The highest BCUT2D eigenvalue weighted by Gasteiger charge is 2.43. The highest BCUT2D eigenvalue weighted by atomic mass is 16.5. The minimum absolute atomic E-state index is 0.0399. The first kappa shape index (κ1) is 11.5. The Morgan fingerprint density at radius 2 is 1.94 bits per heavy atom. The predicted octanol–water partition coefficient (Wildman–Crippen LogP) is 0.910. The summed E-state index contributed by atoms with van der Waals surface area (Å²) in [5.74, 6) is 0.209. The van der Waals surface area contributed by atoms with Gasteiger partial charge in [0.05, 0.1) is 12.1 Å². The maximum atomic E-state index is 12.0. The molecule has 1 saturated carbocycles. The Morgan fingerprint density at radius 3 is 2.65 bits per heavy atom. The number of ether oxygens (including phenoxy) is 1. The number of amides is 1. The number of nitrogens with one attached hydrogen (secondary N) is 1. The Bertz CT molecular complexity index is 294. The van der Waals surface area contributed by atoms with Gasteiger partial charge in [0.25, 0.3) is 0 Å². The molecule has 1 spiro atoms. The van der Waals surface area contributed by atoms with Crippen LogP contribution in [0.25, 0.3) is 0 Å². The minimum Gasteiger partial charge on any atom is -0.363 e. The van der Waals surface area contributed by atoms with Crippen LogP contribution < -0.4 is 5.32 Å². The van der Waals surface area contributed by atoms with E-state index in [-0.39, 0.29) is 11.5 Å². The van der Waals surface area contributed by atoms with E-state index < -0.39 is 0 Å². The molecule has 17 heavy (non-hydrogen) atoms. The van der Waals surface area contributed by atoms with Crippen molar-refractivity contribution in [2.45, 2.75) is 50.2 Å². The number of carbonyl (C=O) groups excluding carboxylic acids is 1. The minimum atomic E-state index is -0.0399. The SMILES string of the molecule is O=C1COC2(CCNCC2)CN1C1CCCC1. The lowest BCUT2D eigenvalue weighted by molar-refractivity contribution is -0.171. The first-order valence-electron chi connectivity index (χ1n) is 6.93. The smallest absolute Gasteiger partial charge is 0.248 e. The van der Waals surface area contributed by atoms with E-state index in [0.717, 1.165) is 32.5 Å². The molecule has 0 aromatic heterocycles. The quantitative estimate of drug-likeness (QED) is 0.738. The molecule has 96 valence electrons. The zero-order valence-corrected chi connectivity index (χ0v) is 10.4. The molecular formula is C13H22N2O2. The van der Waals surface area contributed by atoms with Crippen molar-refractivity contribution in [3.8, 4) is 0 Å². The molecule has 0 radical (unpaired) electrons. The highest BCUT2D eigenvalue weighted by Crippen LogP contribution is 2.32. The maximum Gasteiger partial charge on any atom is 0.248 e. The fourth-order valence-electron chi connectivity index (χ4n) is 3.48. The number of morpholine rings is 1. The van der Waals surface area contributed by atoms with Gasteiger partial charge in [-0.2, -0.15) is 0 Å². The van der Waals surface area contributed by atoms with Crippen molar-refractivity contribution in [1.82, 2.24) is 10.2 Å². The van der Waals surface area contributed by atoms with Crippen LogP contribution in [0.5, 0.6) is 0 Å². The van der Waals surface area contributed by atoms with Crippen molar-refractivity contribution in [3.05, 3.63) is 0 Å². The molecule has 4 heteroatoms. The van der Waals surface area contributed by atoms with E-state index in [1.807, 2.05) is 0 Å². The lowest BCUT2D eigenvalue weighted by atomic mass is 9.89. The average Bonchev–Trinajstić information content (AvgIpc) is 2.88. The summed E-state index contributed by atoms with van der Waals surface area (Å²) in [6.45, 7) is 3.17. The second-order valence-corrected chi connectivity index (χ2v) is 5.68. The van der Waals surface area contributed by atoms with Gasteiger partial charge in [0.2, 0.25) is 5.91 Å². The Labute approximate surface area is 103 Å². The van der Waals surface area contributed by atoms with Crippen LogP contribution in [0.1, 0.15) is 38.5 Å². The van der Waals surface area contributed by atoms with Crippen LogP contribution in [0.15, 0.2) is 0 Å². The maximum absolute atomic E-state index is 12.0. The lowest BCUT2D eigenvalue weighted by Gasteiger charge is -2.46. The summed E-state index contributed by atoms with van der Waals surface area (Å²) < 4.78 is 5.88. The zero-order chi connectivity index (χ0) is 11.7. The first-order valence-corrected chi connectivity index (χ1v) is 6.93. The lowest BCUT2D eigenvalue weighted by Crippen LogP contribution is -2.60. The van der Waals surface area contributed by atoms with E-state index in [1.165, 1.54) is 25.7 Å². The van der Waals surface area contributed by atoms with Crippen LogP contribution >= 0.6 is 0 Å². The average molecular weight is 238 g/mol. The monoisotopic (exact) mass is 238 g/mol. The number of nitrogens with zero attached hydrogens (tertiary/aromatic N) is 1. The molecule has 1 N–H and O–H groups in total. The largest absolute Gasteiger partial charge is 0.363 e. The topological polar surface area (TPSA) is 41.6 Å². The van der Waals surface area contributed by atoms with E-state index >= 15 is 0 Å². The number of rotatable bonds is 1. The first-order chi connectivity index (χ1) is 8.29. The van der Waals surface area contributed by atoms with E-state index in [0.29, 0.717) is 12.6 Å². The molecule has 3 aliphatic rings. The third-order valence-corrected chi connectivity index (χ3v) is 4.56. The van der Waals surface area contributed by atoms with Crippen LogP contribution in [0.2, 0.25) is 0 Å². The molecule has 4 nitrogen and oxygen atoms in total. The molecule has 2 saturated heterocycles. The standard InChI is InChI=1S/C13H22N2O2/c16-12-9-17-13(5-7-14-8-6-13)10-15(12)11-3-1-2-4-11/h11,14H,1-10H2. The summed E-state index contributed by atoms with van der Waals surface area (Å²) >= 11 is 0. The van der Waals surface area contributed by atoms with Gasteiger partial charge in [-0.3, -0.25) is 4.79 Å². The molecule has 0 unspecified atom stereocenters. The van der Waals surface area contributed by atoms with Gasteiger partial charge < -0.3 is 15.0 Å². The molecular weight excluding hydrogens is 216 g/mol. The summed E-state index contributed by atoms with van der Waals surface area (Å²) in [6, 6.07) is 0.498. The Balaban J connectivity index is 1.71. The normalized spacial score (nSPS) is 30.1. The van der Waals surface area contributed by atoms with Crippen molar-refractivity contribution >= 4 is 5.91 Å². The van der Waals surface area contributed by atoms with E-state index in [9.17, 15) is 4.79 Å². The fourth-order valence-corrected chi connectivity index (χ4v) is 3.48. The molecule has 1 amide bonds. The fraction of sp³-hybridized carbons (Fsp3) is 0.923. The van der Waals surface area contributed by atoms with E-state index in [1.54, 1.807) is 0 Å². The molecule has 3 fully saturated rings. The predicted molar refractivity (Wildman–Crippen MR) is 64.8 cm³/mol. The van der Waals surface area contributed by atoms with Gasteiger partial charge in [-0.05, 0) is 38.8 Å². The van der Waals surface area contributed by atoms with Gasteiger partial charge in [-0.25, -0.2) is 0 Å². The number of carbonyl (C=O) groups is 1. The summed E-state index contributed by atoms with van der Waals surface area (Å²) in [5, 5.41) is 3.37. The van der Waals surface area contributed by atoms with Crippen LogP contribution in [-0.2, 0) is 9.53 Å². The summed E-state index contributed by atoms with van der Waals surface area (Å²) in [5.41, 5.74) is -0.0399. The molecule has 0 atom stereocenters. The van der Waals surface area contributed by atoms with E-state index in [2.05, 4.69) is 10.2 Å². The molecule has 2 aliphatic heterocycles. The van der Waals surface area contributed by atoms with Gasteiger partial charge in [0.1, 0.15) is 6.61 Å². The summed E-state index contributed by atoms with van der Waals surface area (Å²) in [6.07, 6.45) is 7.04. The Hall–Kier alpha value is -0.610. The zero-order valence-electron chi connectivity index (χ0n) is 10.4.